The van der Waals surface area contributed by atoms with Gasteiger partial charge in [0.15, 0.2) is 0 Å². The SMILES string of the molecule is COc1cccc(C(=O)N2c3ccc(C(=O)N4CCCNCC4)cc3NC(=O)CC2c2ccc(C)cc2)c1. The zero-order valence-electron chi connectivity index (χ0n) is 21.7. The van der Waals surface area contributed by atoms with E-state index < -0.39 is 6.04 Å². The number of hydrogen-bond donors (Lipinski definition) is 2. The highest BCUT2D eigenvalue weighted by Gasteiger charge is 2.35. The molecule has 2 N–H and O–H groups in total. The molecule has 8 heteroatoms. The summed E-state index contributed by atoms with van der Waals surface area (Å²) < 4.78 is 5.35. The number of carbonyl (C=O) groups is 3. The molecule has 3 aromatic carbocycles. The molecule has 0 saturated carbocycles. The molecule has 2 aliphatic heterocycles. The molecule has 3 aromatic rings. The Morgan fingerprint density at radius 2 is 1.71 bits per heavy atom. The average molecular weight is 513 g/mol. The van der Waals surface area contributed by atoms with Crippen LogP contribution < -0.4 is 20.3 Å². The highest BCUT2D eigenvalue weighted by atomic mass is 16.5. The molecular weight excluding hydrogens is 480 g/mol. The molecular formula is C30H32N4O4. The van der Waals surface area contributed by atoms with Gasteiger partial charge in [-0.25, -0.2) is 0 Å². The summed E-state index contributed by atoms with van der Waals surface area (Å²) in [5, 5.41) is 6.27. The van der Waals surface area contributed by atoms with Gasteiger partial charge in [0.2, 0.25) is 5.91 Å². The quantitative estimate of drug-likeness (QED) is 0.548. The van der Waals surface area contributed by atoms with Gasteiger partial charge in [-0.05, 0) is 61.9 Å². The average Bonchev–Trinajstić information content (AvgIpc) is 3.30. The first-order valence-corrected chi connectivity index (χ1v) is 12.9. The van der Waals surface area contributed by atoms with Crippen molar-refractivity contribution in [2.24, 2.45) is 0 Å². The van der Waals surface area contributed by atoms with E-state index in [0.29, 0.717) is 41.3 Å². The number of aryl methyl sites for hydroxylation is 1. The first kappa shape index (κ1) is 25.5. The van der Waals surface area contributed by atoms with E-state index in [1.54, 1.807) is 54.5 Å². The van der Waals surface area contributed by atoms with Gasteiger partial charge in [0.25, 0.3) is 11.8 Å². The van der Waals surface area contributed by atoms with Crippen molar-refractivity contribution in [2.45, 2.75) is 25.8 Å². The summed E-state index contributed by atoms with van der Waals surface area (Å²) in [5.41, 5.74) is 3.85. The Bertz CT molecular complexity index is 1350. The number of benzene rings is 3. The molecule has 0 radical (unpaired) electrons. The molecule has 2 heterocycles. The first-order chi connectivity index (χ1) is 18.4. The van der Waals surface area contributed by atoms with Gasteiger partial charge in [-0.2, -0.15) is 0 Å². The molecule has 196 valence electrons. The second-order valence-electron chi connectivity index (χ2n) is 9.71. The second-order valence-corrected chi connectivity index (χ2v) is 9.71. The van der Waals surface area contributed by atoms with Crippen LogP contribution in [0.25, 0.3) is 0 Å². The van der Waals surface area contributed by atoms with Gasteiger partial charge in [-0.15, -0.1) is 0 Å². The zero-order chi connectivity index (χ0) is 26.6. The summed E-state index contributed by atoms with van der Waals surface area (Å²) in [4.78, 5) is 44.1. The normalized spacial score (nSPS) is 17.6. The smallest absolute Gasteiger partial charge is 0.259 e. The number of amides is 3. The maximum atomic E-state index is 14.1. The van der Waals surface area contributed by atoms with Crippen molar-refractivity contribution in [2.75, 3.05) is 43.5 Å². The van der Waals surface area contributed by atoms with Crippen LogP contribution in [-0.2, 0) is 4.79 Å². The topological polar surface area (TPSA) is 91.0 Å². The number of nitrogens with one attached hydrogen (secondary N) is 2. The van der Waals surface area contributed by atoms with Crippen molar-refractivity contribution < 1.29 is 19.1 Å². The Hall–Kier alpha value is -4.17. The summed E-state index contributed by atoms with van der Waals surface area (Å²) in [6, 6.07) is 19.5. The number of carbonyl (C=O) groups excluding carboxylic acids is 3. The third kappa shape index (κ3) is 5.26. The van der Waals surface area contributed by atoms with Crippen molar-refractivity contribution in [3.05, 3.63) is 89.0 Å². The van der Waals surface area contributed by atoms with Crippen LogP contribution in [0.1, 0.15) is 50.7 Å². The number of fused-ring (bicyclic) bond motifs is 1. The van der Waals surface area contributed by atoms with Gasteiger partial charge in [0.1, 0.15) is 5.75 Å². The number of anilines is 2. The Morgan fingerprint density at radius 1 is 0.921 bits per heavy atom. The summed E-state index contributed by atoms with van der Waals surface area (Å²) in [6.07, 6.45) is 0.961. The van der Waals surface area contributed by atoms with Gasteiger partial charge in [0, 0.05) is 30.8 Å². The molecule has 3 amide bonds. The van der Waals surface area contributed by atoms with Crippen LogP contribution >= 0.6 is 0 Å². The molecule has 0 bridgehead atoms. The van der Waals surface area contributed by atoms with E-state index in [0.717, 1.165) is 30.6 Å². The van der Waals surface area contributed by atoms with Gasteiger partial charge in [-0.3, -0.25) is 19.3 Å². The van der Waals surface area contributed by atoms with Crippen LogP contribution in [0.4, 0.5) is 11.4 Å². The van der Waals surface area contributed by atoms with Crippen molar-refractivity contribution in [3.8, 4) is 5.75 Å². The Kier molecular flexibility index (Phi) is 7.42. The molecule has 1 unspecified atom stereocenters. The molecule has 1 atom stereocenters. The lowest BCUT2D eigenvalue weighted by atomic mass is 9.98. The van der Waals surface area contributed by atoms with Gasteiger partial charge < -0.3 is 20.3 Å². The highest BCUT2D eigenvalue weighted by molar-refractivity contribution is 6.12. The van der Waals surface area contributed by atoms with Crippen LogP contribution in [0.2, 0.25) is 0 Å². The summed E-state index contributed by atoms with van der Waals surface area (Å²) >= 11 is 0. The predicted octanol–water partition coefficient (Wildman–Crippen LogP) is 4.17. The molecule has 2 aliphatic rings. The highest BCUT2D eigenvalue weighted by Crippen LogP contribution is 2.40. The lowest BCUT2D eigenvalue weighted by Crippen LogP contribution is -2.35. The van der Waals surface area contributed by atoms with E-state index in [9.17, 15) is 14.4 Å². The van der Waals surface area contributed by atoms with Crippen LogP contribution in [0.3, 0.4) is 0 Å². The predicted molar refractivity (Wildman–Crippen MR) is 147 cm³/mol. The Labute approximate surface area is 222 Å². The Balaban J connectivity index is 1.59. The van der Waals surface area contributed by atoms with E-state index >= 15 is 0 Å². The number of rotatable bonds is 4. The molecule has 1 fully saturated rings. The van der Waals surface area contributed by atoms with E-state index in [1.165, 1.54) is 0 Å². The largest absolute Gasteiger partial charge is 0.497 e. The van der Waals surface area contributed by atoms with Gasteiger partial charge >= 0.3 is 0 Å². The maximum Gasteiger partial charge on any atom is 0.259 e. The molecule has 0 aromatic heterocycles. The van der Waals surface area contributed by atoms with E-state index in [1.807, 2.05) is 36.1 Å². The van der Waals surface area contributed by atoms with Crippen molar-refractivity contribution in [3.63, 3.8) is 0 Å². The van der Waals surface area contributed by atoms with Crippen LogP contribution in [0.5, 0.6) is 5.75 Å². The third-order valence-electron chi connectivity index (χ3n) is 7.09. The third-order valence-corrected chi connectivity index (χ3v) is 7.09. The minimum Gasteiger partial charge on any atom is -0.497 e. The number of methoxy groups -OCH3 is 1. The maximum absolute atomic E-state index is 14.1. The van der Waals surface area contributed by atoms with Crippen molar-refractivity contribution in [1.29, 1.82) is 0 Å². The Morgan fingerprint density at radius 3 is 2.50 bits per heavy atom. The van der Waals surface area contributed by atoms with Crippen LogP contribution in [0, 0.1) is 6.92 Å². The second kappa shape index (κ2) is 11.1. The van der Waals surface area contributed by atoms with Crippen molar-refractivity contribution >= 4 is 29.1 Å². The van der Waals surface area contributed by atoms with E-state index in [2.05, 4.69) is 10.6 Å². The molecule has 0 spiro atoms. The zero-order valence-corrected chi connectivity index (χ0v) is 21.7. The minimum atomic E-state index is -0.534. The molecule has 5 rings (SSSR count). The fraction of sp³-hybridized carbons (Fsp3) is 0.300. The molecule has 0 aliphatic carbocycles. The first-order valence-electron chi connectivity index (χ1n) is 12.9. The minimum absolute atomic E-state index is 0.0779. The number of nitrogens with zero attached hydrogens (tertiary/aromatic N) is 2. The van der Waals surface area contributed by atoms with Gasteiger partial charge in [-0.1, -0.05) is 35.9 Å². The number of ether oxygens (including phenoxy) is 1. The fourth-order valence-electron chi connectivity index (χ4n) is 5.05. The molecule has 8 nitrogen and oxygen atoms in total. The van der Waals surface area contributed by atoms with Gasteiger partial charge in [0.05, 0.1) is 30.9 Å². The van der Waals surface area contributed by atoms with Crippen LogP contribution in [0.15, 0.2) is 66.7 Å². The lowest BCUT2D eigenvalue weighted by Gasteiger charge is -2.31. The van der Waals surface area contributed by atoms with Crippen molar-refractivity contribution in [1.82, 2.24) is 10.2 Å². The fourth-order valence-corrected chi connectivity index (χ4v) is 5.05. The summed E-state index contributed by atoms with van der Waals surface area (Å²) in [7, 11) is 1.56. The lowest BCUT2D eigenvalue weighted by molar-refractivity contribution is -0.116. The van der Waals surface area contributed by atoms with E-state index in [4.69, 9.17) is 4.74 Å². The molecule has 38 heavy (non-hydrogen) atoms. The monoisotopic (exact) mass is 512 g/mol. The van der Waals surface area contributed by atoms with Crippen LogP contribution in [-0.4, -0.2) is 55.9 Å². The van der Waals surface area contributed by atoms with E-state index in [-0.39, 0.29) is 24.1 Å². The standard InChI is InChI=1S/C30H32N4O4/c1-20-7-9-21(10-8-20)27-19-28(35)32-25-18-23(29(36)33-15-4-13-31-14-16-33)11-12-26(25)34(27)30(37)22-5-3-6-24(17-22)38-2/h3,5-12,17-18,27,31H,4,13-16,19H2,1-2H3,(H,32,35). The summed E-state index contributed by atoms with van der Waals surface area (Å²) in [6.45, 7) is 4.92. The molecule has 1 saturated heterocycles. The number of hydrogen-bond acceptors (Lipinski definition) is 5. The summed E-state index contributed by atoms with van der Waals surface area (Å²) in [5.74, 6) is 0.00172.